The Morgan fingerprint density at radius 1 is 1.10 bits per heavy atom. The second kappa shape index (κ2) is 7.94. The van der Waals surface area contributed by atoms with Crippen LogP contribution in [0.4, 0.5) is 18.0 Å². The number of alkyl halides is 3. The maximum absolute atomic E-state index is 13.2. The van der Waals surface area contributed by atoms with Gasteiger partial charge in [0.25, 0.3) is 5.56 Å². The summed E-state index contributed by atoms with van der Waals surface area (Å²) in [6.45, 7) is 5.49. The Bertz CT molecular complexity index is 1030. The van der Waals surface area contributed by atoms with Crippen molar-refractivity contribution in [1.29, 1.82) is 0 Å². The van der Waals surface area contributed by atoms with Crippen LogP contribution >= 0.6 is 0 Å². The lowest BCUT2D eigenvalue weighted by atomic mass is 9.83. The summed E-state index contributed by atoms with van der Waals surface area (Å²) < 4.78 is 42.7. The molecule has 1 saturated heterocycles. The van der Waals surface area contributed by atoms with Crippen LogP contribution < -0.4 is 15.6 Å². The van der Waals surface area contributed by atoms with Crippen LogP contribution in [0.5, 0.6) is 5.75 Å². The number of carbonyl (C=O) groups excluding carboxylic acids is 1. The Balaban J connectivity index is 1.58. The van der Waals surface area contributed by atoms with Gasteiger partial charge < -0.3 is 19.5 Å². The molecule has 2 amide bonds. The van der Waals surface area contributed by atoms with Crippen molar-refractivity contribution in [2.24, 2.45) is 5.92 Å². The third-order valence-electron chi connectivity index (χ3n) is 5.70. The number of amides is 2. The van der Waals surface area contributed by atoms with E-state index >= 15 is 0 Å². The van der Waals surface area contributed by atoms with Crippen LogP contribution in [-0.2, 0) is 6.54 Å². The van der Waals surface area contributed by atoms with E-state index in [-0.39, 0.29) is 35.2 Å². The number of nitrogens with one attached hydrogen (secondary N) is 1. The van der Waals surface area contributed by atoms with Gasteiger partial charge >= 0.3 is 12.4 Å². The van der Waals surface area contributed by atoms with Gasteiger partial charge in [0, 0.05) is 42.9 Å². The van der Waals surface area contributed by atoms with Gasteiger partial charge in [0.1, 0.15) is 5.75 Å². The van der Waals surface area contributed by atoms with Crippen LogP contribution in [-0.4, -0.2) is 41.0 Å². The van der Waals surface area contributed by atoms with Gasteiger partial charge in [-0.25, -0.2) is 4.79 Å². The number of halogens is 3. The lowest BCUT2D eigenvalue weighted by Gasteiger charge is -2.43. The van der Waals surface area contributed by atoms with Gasteiger partial charge in [-0.1, -0.05) is 12.1 Å². The summed E-state index contributed by atoms with van der Waals surface area (Å²) in [5.41, 5.74) is 1.68. The van der Waals surface area contributed by atoms with Gasteiger partial charge in [0.2, 0.25) is 0 Å². The fourth-order valence-electron chi connectivity index (χ4n) is 4.51. The SMILES string of the molecule is CC(C)NC(=O)N1C[C@H]2C[C@H](C1)c1ccc(-c3ccc(OC(F)(F)F)cc3)c(=O)n1C2. The molecule has 0 radical (unpaired) electrons. The smallest absolute Gasteiger partial charge is 0.406 e. The van der Waals surface area contributed by atoms with Gasteiger partial charge in [-0.2, -0.15) is 0 Å². The van der Waals surface area contributed by atoms with Crippen LogP contribution in [0.15, 0.2) is 41.2 Å². The number of likely N-dealkylation sites (tertiary alicyclic amines) is 1. The molecule has 6 nitrogen and oxygen atoms in total. The standard InChI is InChI=1S/C22H24F3N3O3/c1-13(2)26-21(30)27-10-14-9-16(12-27)19-8-7-18(20(29)28(19)11-14)15-3-5-17(6-4-15)31-22(23,24)25/h3-8,13-14,16H,9-12H2,1-2H3,(H,26,30)/t14-,16-/m1/s1. The molecule has 2 aliphatic rings. The van der Waals surface area contributed by atoms with Crippen LogP contribution in [0.2, 0.25) is 0 Å². The van der Waals surface area contributed by atoms with Gasteiger partial charge in [-0.05, 0) is 56.0 Å². The topological polar surface area (TPSA) is 63.6 Å². The third kappa shape index (κ3) is 4.55. The lowest BCUT2D eigenvalue weighted by molar-refractivity contribution is -0.274. The molecule has 2 atom stereocenters. The number of rotatable bonds is 3. The van der Waals surface area contributed by atoms with Crippen molar-refractivity contribution in [2.75, 3.05) is 13.1 Å². The van der Waals surface area contributed by atoms with Gasteiger partial charge in [-0.3, -0.25) is 4.79 Å². The Labute approximate surface area is 177 Å². The zero-order valence-electron chi connectivity index (χ0n) is 17.3. The maximum Gasteiger partial charge on any atom is 0.573 e. The van der Waals surface area contributed by atoms with Gasteiger partial charge in [0.15, 0.2) is 0 Å². The number of piperidine rings is 1. The van der Waals surface area contributed by atoms with E-state index in [9.17, 15) is 22.8 Å². The van der Waals surface area contributed by atoms with E-state index in [0.717, 1.165) is 12.1 Å². The van der Waals surface area contributed by atoms with Crippen molar-refractivity contribution >= 4 is 6.03 Å². The summed E-state index contributed by atoms with van der Waals surface area (Å²) in [5.74, 6) is -0.0713. The van der Waals surface area contributed by atoms with Crippen LogP contribution in [0, 0.1) is 5.92 Å². The van der Waals surface area contributed by atoms with E-state index in [0.29, 0.717) is 30.8 Å². The van der Waals surface area contributed by atoms with Crippen LogP contribution in [0.3, 0.4) is 0 Å². The monoisotopic (exact) mass is 435 g/mol. The summed E-state index contributed by atoms with van der Waals surface area (Å²) in [6.07, 6.45) is -3.83. The van der Waals surface area contributed by atoms with E-state index in [4.69, 9.17) is 0 Å². The molecule has 0 saturated carbocycles. The Hall–Kier alpha value is -2.97. The van der Waals surface area contributed by atoms with Crippen molar-refractivity contribution in [2.45, 2.75) is 45.1 Å². The number of urea groups is 1. The summed E-state index contributed by atoms with van der Waals surface area (Å²) >= 11 is 0. The van der Waals surface area contributed by atoms with Crippen molar-refractivity contribution in [3.05, 3.63) is 52.4 Å². The molecule has 1 aromatic carbocycles. The minimum absolute atomic E-state index is 0.0552. The Morgan fingerprint density at radius 2 is 1.81 bits per heavy atom. The maximum atomic E-state index is 13.2. The fraction of sp³-hybridized carbons (Fsp3) is 0.455. The molecular weight excluding hydrogens is 411 g/mol. The van der Waals surface area contributed by atoms with Crippen molar-refractivity contribution < 1.29 is 22.7 Å². The average Bonchev–Trinajstić information content (AvgIpc) is 2.68. The summed E-state index contributed by atoms with van der Waals surface area (Å²) in [5, 5.41) is 2.92. The predicted molar refractivity (Wildman–Crippen MR) is 109 cm³/mol. The van der Waals surface area contributed by atoms with E-state index in [1.54, 1.807) is 10.6 Å². The Kier molecular flexibility index (Phi) is 5.45. The molecule has 3 heterocycles. The molecule has 2 bridgehead atoms. The summed E-state index contributed by atoms with van der Waals surface area (Å²) in [4.78, 5) is 27.4. The first-order valence-electron chi connectivity index (χ1n) is 10.3. The van der Waals surface area contributed by atoms with E-state index in [2.05, 4.69) is 10.1 Å². The highest BCUT2D eigenvalue weighted by molar-refractivity contribution is 5.74. The van der Waals surface area contributed by atoms with E-state index in [1.807, 2.05) is 24.8 Å². The lowest BCUT2D eigenvalue weighted by Crippen LogP contribution is -2.52. The minimum Gasteiger partial charge on any atom is -0.406 e. The quantitative estimate of drug-likeness (QED) is 0.794. The van der Waals surface area contributed by atoms with Gasteiger partial charge in [0.05, 0.1) is 0 Å². The highest BCUT2D eigenvalue weighted by Gasteiger charge is 2.37. The molecule has 9 heteroatoms. The van der Waals surface area contributed by atoms with Crippen molar-refractivity contribution in [3.8, 4) is 16.9 Å². The summed E-state index contributed by atoms with van der Waals surface area (Å²) in [6, 6.07) is 8.87. The molecule has 2 aromatic rings. The number of hydrogen-bond donors (Lipinski definition) is 1. The van der Waals surface area contributed by atoms with E-state index < -0.39 is 6.36 Å². The molecule has 166 valence electrons. The molecule has 1 aromatic heterocycles. The van der Waals surface area contributed by atoms with E-state index in [1.165, 1.54) is 24.3 Å². The number of ether oxygens (including phenoxy) is 1. The van der Waals surface area contributed by atoms with Crippen LogP contribution in [0.1, 0.15) is 31.9 Å². The largest absolute Gasteiger partial charge is 0.573 e. The number of pyridine rings is 1. The second-order valence-corrected chi connectivity index (χ2v) is 8.47. The molecule has 0 unspecified atom stereocenters. The minimum atomic E-state index is -4.76. The first-order valence-corrected chi connectivity index (χ1v) is 10.3. The first kappa shape index (κ1) is 21.3. The highest BCUT2D eigenvalue weighted by Crippen LogP contribution is 2.36. The number of benzene rings is 1. The average molecular weight is 435 g/mol. The van der Waals surface area contributed by atoms with Gasteiger partial charge in [-0.15, -0.1) is 13.2 Å². The highest BCUT2D eigenvalue weighted by atomic mass is 19.4. The summed E-state index contributed by atoms with van der Waals surface area (Å²) in [7, 11) is 0. The molecule has 0 spiro atoms. The second-order valence-electron chi connectivity index (χ2n) is 8.47. The van der Waals surface area contributed by atoms with Crippen molar-refractivity contribution in [3.63, 3.8) is 0 Å². The molecule has 1 fully saturated rings. The first-order chi connectivity index (χ1) is 14.6. The number of hydrogen-bond acceptors (Lipinski definition) is 3. The number of aromatic nitrogens is 1. The zero-order chi connectivity index (χ0) is 22.3. The number of carbonyl (C=O) groups is 1. The molecule has 4 rings (SSSR count). The number of nitrogens with zero attached hydrogens (tertiary/aromatic N) is 2. The molecule has 2 aliphatic heterocycles. The molecule has 31 heavy (non-hydrogen) atoms. The molecule has 1 N–H and O–H groups in total. The zero-order valence-corrected chi connectivity index (χ0v) is 17.3. The normalized spacial score (nSPS) is 20.4. The molecule has 0 aliphatic carbocycles. The molecular formula is C22H24F3N3O3. The Morgan fingerprint density at radius 3 is 2.45 bits per heavy atom. The third-order valence-corrected chi connectivity index (χ3v) is 5.70. The number of fused-ring (bicyclic) bond motifs is 4. The van der Waals surface area contributed by atoms with Crippen molar-refractivity contribution in [1.82, 2.24) is 14.8 Å². The fourth-order valence-corrected chi connectivity index (χ4v) is 4.51. The van der Waals surface area contributed by atoms with Crippen LogP contribution in [0.25, 0.3) is 11.1 Å². The predicted octanol–water partition coefficient (Wildman–Crippen LogP) is 3.95.